The molecule has 126 valence electrons. The first-order valence-corrected chi connectivity index (χ1v) is 8.14. The molecule has 2 N–H and O–H groups in total. The first-order valence-electron chi connectivity index (χ1n) is 7.76. The zero-order valence-corrected chi connectivity index (χ0v) is 14.6. The summed E-state index contributed by atoms with van der Waals surface area (Å²) < 4.78 is 0. The lowest BCUT2D eigenvalue weighted by Gasteiger charge is -2.10. The fraction of sp³-hybridized carbons (Fsp3) is 0.105. The summed E-state index contributed by atoms with van der Waals surface area (Å²) in [6.45, 7) is 3.81. The lowest BCUT2D eigenvalue weighted by molar-refractivity contribution is 0.102. The van der Waals surface area contributed by atoms with Crippen LogP contribution < -0.4 is 10.6 Å². The molecule has 2 aromatic carbocycles. The van der Waals surface area contributed by atoms with Gasteiger partial charge < -0.3 is 10.6 Å². The molecule has 0 spiro atoms. The average Bonchev–Trinajstić information content (AvgIpc) is 2.56. The molecule has 3 rings (SSSR count). The predicted molar refractivity (Wildman–Crippen MR) is 101 cm³/mol. The van der Waals surface area contributed by atoms with Gasteiger partial charge in [-0.25, -0.2) is 9.97 Å². The van der Waals surface area contributed by atoms with Crippen LogP contribution in [-0.4, -0.2) is 15.9 Å². The molecule has 3 aromatic rings. The molecule has 0 aliphatic carbocycles. The number of nitrogens with zero attached hydrogens (tertiary/aromatic N) is 2. The van der Waals surface area contributed by atoms with Crippen LogP contribution in [0.15, 0.2) is 54.6 Å². The van der Waals surface area contributed by atoms with Crippen LogP contribution in [0.2, 0.25) is 5.02 Å². The van der Waals surface area contributed by atoms with Crippen molar-refractivity contribution in [3.05, 3.63) is 76.6 Å². The van der Waals surface area contributed by atoms with Crippen LogP contribution in [0.25, 0.3) is 0 Å². The molecule has 0 aliphatic rings. The first kappa shape index (κ1) is 16.9. The monoisotopic (exact) mass is 352 g/mol. The molecule has 1 amide bonds. The van der Waals surface area contributed by atoms with Gasteiger partial charge in [0.05, 0.1) is 0 Å². The van der Waals surface area contributed by atoms with Crippen LogP contribution >= 0.6 is 11.6 Å². The number of carbonyl (C=O) groups excluding carboxylic acids is 1. The van der Waals surface area contributed by atoms with E-state index in [2.05, 4.69) is 20.6 Å². The van der Waals surface area contributed by atoms with Gasteiger partial charge in [0.15, 0.2) is 0 Å². The maximum atomic E-state index is 12.5. The number of carbonyl (C=O) groups is 1. The van der Waals surface area contributed by atoms with Crippen LogP contribution in [0, 0.1) is 13.8 Å². The Morgan fingerprint density at radius 3 is 2.56 bits per heavy atom. The van der Waals surface area contributed by atoms with Gasteiger partial charge in [-0.15, -0.1) is 0 Å². The summed E-state index contributed by atoms with van der Waals surface area (Å²) in [6, 6.07) is 16.4. The van der Waals surface area contributed by atoms with Crippen molar-refractivity contribution < 1.29 is 4.79 Å². The van der Waals surface area contributed by atoms with Crippen molar-refractivity contribution in [2.75, 3.05) is 10.6 Å². The molecule has 0 radical (unpaired) electrons. The van der Waals surface area contributed by atoms with Crippen LogP contribution in [0.5, 0.6) is 0 Å². The number of hydrogen-bond donors (Lipinski definition) is 2. The van der Waals surface area contributed by atoms with Gasteiger partial charge in [0.1, 0.15) is 5.69 Å². The van der Waals surface area contributed by atoms with Gasteiger partial charge in [-0.05, 0) is 49.7 Å². The second kappa shape index (κ2) is 7.32. The van der Waals surface area contributed by atoms with E-state index in [1.54, 1.807) is 30.3 Å². The summed E-state index contributed by atoms with van der Waals surface area (Å²) in [5, 5.41) is 6.50. The molecule has 0 fully saturated rings. The number of aryl methyl sites for hydroxylation is 2. The summed E-state index contributed by atoms with van der Waals surface area (Å²) >= 11 is 5.94. The van der Waals surface area contributed by atoms with E-state index in [0.717, 1.165) is 11.3 Å². The molecular formula is C19H17ClN4O. The van der Waals surface area contributed by atoms with Crippen molar-refractivity contribution in [2.24, 2.45) is 0 Å². The van der Waals surface area contributed by atoms with E-state index in [0.29, 0.717) is 22.4 Å². The number of hydrogen-bond acceptors (Lipinski definition) is 4. The second-order valence-electron chi connectivity index (χ2n) is 5.62. The smallest absolute Gasteiger partial charge is 0.274 e. The van der Waals surface area contributed by atoms with Crippen molar-refractivity contribution in [3.8, 4) is 0 Å². The third kappa shape index (κ3) is 4.33. The summed E-state index contributed by atoms with van der Waals surface area (Å²) in [5.41, 5.74) is 3.56. The molecule has 0 unspecified atom stereocenters. The summed E-state index contributed by atoms with van der Waals surface area (Å²) in [4.78, 5) is 21.1. The van der Waals surface area contributed by atoms with Gasteiger partial charge in [-0.3, -0.25) is 4.79 Å². The van der Waals surface area contributed by atoms with Gasteiger partial charge in [0.2, 0.25) is 5.95 Å². The molecule has 0 bridgehead atoms. The van der Waals surface area contributed by atoms with Crippen LogP contribution in [-0.2, 0) is 0 Å². The van der Waals surface area contributed by atoms with E-state index < -0.39 is 0 Å². The molecule has 1 heterocycles. The zero-order valence-electron chi connectivity index (χ0n) is 13.9. The molecular weight excluding hydrogens is 336 g/mol. The van der Waals surface area contributed by atoms with Gasteiger partial charge in [-0.2, -0.15) is 0 Å². The Labute approximate surface area is 151 Å². The molecule has 5 nitrogen and oxygen atoms in total. The predicted octanol–water partition coefficient (Wildman–Crippen LogP) is 4.74. The molecule has 0 aliphatic heterocycles. The number of benzene rings is 2. The highest BCUT2D eigenvalue weighted by molar-refractivity contribution is 6.30. The summed E-state index contributed by atoms with van der Waals surface area (Å²) in [7, 11) is 0. The normalized spacial score (nSPS) is 10.4. The fourth-order valence-electron chi connectivity index (χ4n) is 2.34. The minimum atomic E-state index is -0.319. The third-order valence-electron chi connectivity index (χ3n) is 3.56. The Bertz CT molecular complexity index is 927. The largest absolute Gasteiger partial charge is 0.324 e. The first-order chi connectivity index (χ1) is 12.0. The number of halogens is 1. The van der Waals surface area contributed by atoms with Gasteiger partial charge in [0, 0.05) is 22.1 Å². The van der Waals surface area contributed by atoms with Crippen LogP contribution in [0.1, 0.15) is 21.7 Å². The summed E-state index contributed by atoms with van der Waals surface area (Å²) in [6.07, 6.45) is 0. The third-order valence-corrected chi connectivity index (χ3v) is 3.80. The highest BCUT2D eigenvalue weighted by Crippen LogP contribution is 2.19. The lowest BCUT2D eigenvalue weighted by atomic mass is 10.2. The van der Waals surface area contributed by atoms with Crippen molar-refractivity contribution in [2.45, 2.75) is 13.8 Å². The highest BCUT2D eigenvalue weighted by atomic mass is 35.5. The van der Waals surface area contributed by atoms with E-state index in [4.69, 9.17) is 11.6 Å². The van der Waals surface area contributed by atoms with Crippen molar-refractivity contribution in [1.82, 2.24) is 9.97 Å². The molecule has 0 atom stereocenters. The standard InChI is InChI=1S/C19H17ClN4O/c1-12-6-3-4-9-16(12)23-19-21-13(2)10-17(24-19)18(25)22-15-8-5-7-14(20)11-15/h3-11H,1-2H3,(H,22,25)(H,21,23,24). The minimum Gasteiger partial charge on any atom is -0.324 e. The average molecular weight is 353 g/mol. The molecule has 1 aromatic heterocycles. The van der Waals surface area contributed by atoms with Gasteiger partial charge in [-0.1, -0.05) is 35.9 Å². The Morgan fingerprint density at radius 1 is 1.00 bits per heavy atom. The Kier molecular flexibility index (Phi) is 4.95. The molecule has 25 heavy (non-hydrogen) atoms. The molecule has 0 saturated heterocycles. The molecule has 0 saturated carbocycles. The number of para-hydroxylation sites is 1. The van der Waals surface area contributed by atoms with E-state index in [-0.39, 0.29) is 11.6 Å². The Balaban J connectivity index is 1.83. The number of amides is 1. The fourth-order valence-corrected chi connectivity index (χ4v) is 2.53. The number of anilines is 3. The highest BCUT2D eigenvalue weighted by Gasteiger charge is 2.12. The van der Waals surface area contributed by atoms with Crippen molar-refractivity contribution >= 4 is 34.8 Å². The minimum absolute atomic E-state index is 0.281. The van der Waals surface area contributed by atoms with Crippen LogP contribution in [0.3, 0.4) is 0 Å². The van der Waals surface area contributed by atoms with Crippen molar-refractivity contribution in [3.63, 3.8) is 0 Å². The summed E-state index contributed by atoms with van der Waals surface area (Å²) in [5.74, 6) is 0.0612. The Morgan fingerprint density at radius 2 is 1.80 bits per heavy atom. The maximum absolute atomic E-state index is 12.5. The topological polar surface area (TPSA) is 66.9 Å². The van der Waals surface area contributed by atoms with E-state index in [9.17, 15) is 4.79 Å². The zero-order chi connectivity index (χ0) is 17.8. The van der Waals surface area contributed by atoms with Crippen LogP contribution in [0.4, 0.5) is 17.3 Å². The number of rotatable bonds is 4. The number of aromatic nitrogens is 2. The van der Waals surface area contributed by atoms with E-state index >= 15 is 0 Å². The van der Waals surface area contributed by atoms with Crippen molar-refractivity contribution in [1.29, 1.82) is 0 Å². The second-order valence-corrected chi connectivity index (χ2v) is 6.06. The lowest BCUT2D eigenvalue weighted by Crippen LogP contribution is -2.15. The molecule has 6 heteroatoms. The van der Waals surface area contributed by atoms with E-state index in [1.807, 2.05) is 38.1 Å². The van der Waals surface area contributed by atoms with Gasteiger partial charge in [0.25, 0.3) is 5.91 Å². The SMILES string of the molecule is Cc1cc(C(=O)Nc2cccc(Cl)c2)nc(Nc2ccccc2C)n1. The van der Waals surface area contributed by atoms with Gasteiger partial charge >= 0.3 is 0 Å². The quantitative estimate of drug-likeness (QED) is 0.711. The van der Waals surface area contributed by atoms with E-state index in [1.165, 1.54) is 0 Å². The Hall–Kier alpha value is -2.92. The number of nitrogens with one attached hydrogen (secondary N) is 2. The maximum Gasteiger partial charge on any atom is 0.274 e.